The Morgan fingerprint density at radius 1 is 0.397 bits per heavy atom. The molecule has 1 heteroatoms. The average molecular weight is 944 g/mol. The molecule has 0 aromatic heterocycles. The van der Waals surface area contributed by atoms with E-state index in [0.29, 0.717) is 0 Å². The Morgan fingerprint density at radius 3 is 1.56 bits per heavy atom. The molecule has 1 nitrogen and oxygen atoms in total. The number of benzene rings is 9. The number of nitrogens with zero attached hydrogens (tertiary/aromatic N) is 1. The van der Waals surface area contributed by atoms with Crippen LogP contribution in [0.1, 0.15) is 113 Å². The molecule has 3 aliphatic rings. The summed E-state index contributed by atoms with van der Waals surface area (Å²) in [7, 11) is 0. The first-order valence-electron chi connectivity index (χ1n) is 26.4. The highest BCUT2D eigenvalue weighted by Gasteiger charge is 2.48. The fourth-order valence-corrected chi connectivity index (χ4v) is 12.4. The van der Waals surface area contributed by atoms with Gasteiger partial charge in [-0.15, -0.1) is 0 Å². The molecule has 0 saturated carbocycles. The van der Waals surface area contributed by atoms with E-state index in [1.807, 2.05) is 0 Å². The molecule has 0 spiro atoms. The fraction of sp³-hybridized carbons (Fsp3) is 0.194. The molecule has 0 amide bonds. The van der Waals surface area contributed by atoms with Crippen molar-refractivity contribution in [2.45, 2.75) is 89.9 Å². The third-order valence-electron chi connectivity index (χ3n) is 16.4. The fourth-order valence-electron chi connectivity index (χ4n) is 12.4. The molecule has 358 valence electrons. The molecule has 0 unspecified atom stereocenters. The highest BCUT2D eigenvalue weighted by molar-refractivity contribution is 5.97. The van der Waals surface area contributed by atoms with Gasteiger partial charge in [-0.1, -0.05) is 237 Å². The van der Waals surface area contributed by atoms with Gasteiger partial charge in [-0.05, 0) is 167 Å². The summed E-state index contributed by atoms with van der Waals surface area (Å²) in [5, 5.41) is 0. The van der Waals surface area contributed by atoms with Crippen LogP contribution < -0.4 is 4.90 Å². The predicted molar refractivity (Wildman–Crippen MR) is 310 cm³/mol. The molecule has 0 bridgehead atoms. The molecular formula is C72H65N. The first-order chi connectivity index (χ1) is 35.2. The molecular weight excluding hydrogens is 879 g/mol. The van der Waals surface area contributed by atoms with Crippen LogP contribution >= 0.6 is 0 Å². The number of hydrogen-bond donors (Lipinski definition) is 0. The molecule has 0 saturated heterocycles. The molecule has 0 aliphatic heterocycles. The largest absolute Gasteiger partial charge is 0.310 e. The minimum atomic E-state index is -0.528. The van der Waals surface area contributed by atoms with Crippen molar-refractivity contribution in [1.82, 2.24) is 0 Å². The minimum absolute atomic E-state index is 0.00583. The lowest BCUT2D eigenvalue weighted by molar-refractivity contribution is 0.586. The minimum Gasteiger partial charge on any atom is -0.310 e. The second-order valence-corrected chi connectivity index (χ2v) is 23.3. The number of rotatable bonds is 8. The van der Waals surface area contributed by atoms with E-state index in [2.05, 4.69) is 285 Å². The summed E-state index contributed by atoms with van der Waals surface area (Å²) in [6, 6.07) is 80.4. The van der Waals surface area contributed by atoms with Crippen molar-refractivity contribution >= 4 is 22.6 Å². The Bertz CT molecular complexity index is 3570. The van der Waals surface area contributed by atoms with Gasteiger partial charge in [-0.25, -0.2) is 0 Å². The standard InChI is InChI=1S/C72H65N/c1-69(2,3)55-36-42-62-66(46-55)72(53-24-14-10-15-25-53,54-26-16-11-17-27-54)67-47-56(70(4,5)6)45-63(68(62)67)50-33-39-58(40-34-50)73(57-37-31-49(32-38-57)48-21-12-9-13-22-48)59-28-20-23-51(43-59)52-35-41-61-60-29-18-19-30-64(60)71(7,8)65(61)44-52/h9-18,20-29,31-47H,19,30H2,1-8H3. The van der Waals surface area contributed by atoms with Crippen LogP contribution in [0.3, 0.4) is 0 Å². The van der Waals surface area contributed by atoms with E-state index in [0.717, 1.165) is 29.9 Å². The molecule has 0 heterocycles. The van der Waals surface area contributed by atoms with Crippen LogP contribution in [0.4, 0.5) is 17.1 Å². The Balaban J connectivity index is 1.03. The first kappa shape index (κ1) is 46.3. The summed E-state index contributed by atoms with van der Waals surface area (Å²) < 4.78 is 0. The Hall–Kier alpha value is -7.74. The maximum Gasteiger partial charge on any atom is 0.0713 e. The van der Waals surface area contributed by atoms with Gasteiger partial charge in [0.2, 0.25) is 0 Å². The van der Waals surface area contributed by atoms with Crippen molar-refractivity contribution in [3.8, 4) is 44.5 Å². The number of hydrogen-bond acceptors (Lipinski definition) is 1. The van der Waals surface area contributed by atoms with E-state index >= 15 is 0 Å². The SMILES string of the molecule is CC(C)(C)c1ccc2c(c1)C(c1ccccc1)(c1ccccc1)c1cc(C(C)(C)C)cc(-c3ccc(N(c4ccc(-c5ccccc5)cc4)c4cccc(-c5ccc6c(c5)C(C)(C)C5=C6C=CCC5)c4)cc3)c1-2. The number of anilines is 3. The van der Waals surface area contributed by atoms with E-state index in [9.17, 15) is 0 Å². The van der Waals surface area contributed by atoms with E-state index in [1.165, 1.54) is 94.6 Å². The van der Waals surface area contributed by atoms with Crippen LogP contribution in [0, 0.1) is 0 Å². The second kappa shape index (κ2) is 17.5. The molecule has 0 atom stereocenters. The summed E-state index contributed by atoms with van der Waals surface area (Å²) in [5.41, 5.74) is 26.4. The quantitative estimate of drug-likeness (QED) is 0.147. The molecule has 12 rings (SSSR count). The van der Waals surface area contributed by atoms with Crippen molar-refractivity contribution in [1.29, 1.82) is 0 Å². The summed E-state index contributed by atoms with van der Waals surface area (Å²) in [5.74, 6) is 0. The van der Waals surface area contributed by atoms with Gasteiger partial charge in [-0.3, -0.25) is 0 Å². The summed E-state index contributed by atoms with van der Waals surface area (Å²) >= 11 is 0. The van der Waals surface area contributed by atoms with Gasteiger partial charge >= 0.3 is 0 Å². The maximum atomic E-state index is 2.54. The van der Waals surface area contributed by atoms with Crippen molar-refractivity contribution < 1.29 is 0 Å². The van der Waals surface area contributed by atoms with Crippen molar-refractivity contribution in [3.63, 3.8) is 0 Å². The van der Waals surface area contributed by atoms with Gasteiger partial charge < -0.3 is 4.90 Å². The summed E-state index contributed by atoms with van der Waals surface area (Å²) in [6.45, 7) is 18.9. The molecule has 73 heavy (non-hydrogen) atoms. The zero-order valence-electron chi connectivity index (χ0n) is 43.7. The van der Waals surface area contributed by atoms with Gasteiger partial charge in [0.25, 0.3) is 0 Å². The van der Waals surface area contributed by atoms with Crippen LogP contribution in [0.15, 0.2) is 230 Å². The molecule has 3 aliphatic carbocycles. The number of allylic oxidation sites excluding steroid dienone is 4. The highest BCUT2D eigenvalue weighted by atomic mass is 15.1. The highest BCUT2D eigenvalue weighted by Crippen LogP contribution is 2.60. The van der Waals surface area contributed by atoms with Crippen molar-refractivity contribution in [3.05, 3.63) is 275 Å². The Labute approximate surface area is 434 Å². The Morgan fingerprint density at radius 2 is 0.932 bits per heavy atom. The van der Waals surface area contributed by atoms with Gasteiger partial charge in [0.05, 0.1) is 5.41 Å². The van der Waals surface area contributed by atoms with Gasteiger partial charge in [0.15, 0.2) is 0 Å². The van der Waals surface area contributed by atoms with E-state index in [-0.39, 0.29) is 16.2 Å². The zero-order valence-corrected chi connectivity index (χ0v) is 43.7. The molecule has 9 aromatic rings. The normalized spacial score (nSPS) is 15.1. The lowest BCUT2D eigenvalue weighted by Gasteiger charge is -2.35. The third kappa shape index (κ3) is 7.75. The van der Waals surface area contributed by atoms with Crippen molar-refractivity contribution in [2.24, 2.45) is 0 Å². The topological polar surface area (TPSA) is 3.24 Å². The van der Waals surface area contributed by atoms with E-state index in [1.54, 1.807) is 5.57 Å². The average Bonchev–Trinajstić information content (AvgIpc) is 3.85. The van der Waals surface area contributed by atoms with E-state index < -0.39 is 5.41 Å². The molecule has 0 radical (unpaired) electrons. The smallest absolute Gasteiger partial charge is 0.0713 e. The predicted octanol–water partition coefficient (Wildman–Crippen LogP) is 19.5. The zero-order chi connectivity index (χ0) is 50.3. The van der Waals surface area contributed by atoms with Gasteiger partial charge in [0.1, 0.15) is 0 Å². The Kier molecular flexibility index (Phi) is 11.1. The van der Waals surface area contributed by atoms with E-state index in [4.69, 9.17) is 0 Å². The lowest BCUT2D eigenvalue weighted by atomic mass is 9.66. The van der Waals surface area contributed by atoms with Gasteiger partial charge in [-0.2, -0.15) is 0 Å². The third-order valence-corrected chi connectivity index (χ3v) is 16.4. The maximum absolute atomic E-state index is 2.54. The second-order valence-electron chi connectivity index (χ2n) is 23.3. The van der Waals surface area contributed by atoms with Gasteiger partial charge in [0, 0.05) is 22.5 Å². The molecule has 0 fully saturated rings. The number of fused-ring (bicyclic) bond motifs is 5. The monoisotopic (exact) mass is 944 g/mol. The van der Waals surface area contributed by atoms with Crippen molar-refractivity contribution in [2.75, 3.05) is 4.90 Å². The molecule has 0 N–H and O–H groups in total. The first-order valence-corrected chi connectivity index (χ1v) is 26.4. The van der Waals surface area contributed by atoms with Crippen LogP contribution in [0.2, 0.25) is 0 Å². The van der Waals surface area contributed by atoms with Crippen LogP contribution in [-0.4, -0.2) is 0 Å². The summed E-state index contributed by atoms with van der Waals surface area (Å²) in [4.78, 5) is 2.43. The van der Waals surface area contributed by atoms with Crippen LogP contribution in [0.5, 0.6) is 0 Å². The summed E-state index contributed by atoms with van der Waals surface area (Å²) in [6.07, 6.45) is 6.95. The van der Waals surface area contributed by atoms with Crippen LogP contribution in [0.25, 0.3) is 50.1 Å². The lowest BCUT2D eigenvalue weighted by Crippen LogP contribution is -2.29. The van der Waals surface area contributed by atoms with Crippen LogP contribution in [-0.2, 0) is 21.7 Å². The molecule has 9 aromatic carbocycles.